The summed E-state index contributed by atoms with van der Waals surface area (Å²) in [5.74, 6) is -1.74. The maximum Gasteiger partial charge on any atom is 0.391 e. The summed E-state index contributed by atoms with van der Waals surface area (Å²) in [7, 11) is 0. The number of likely N-dealkylation sites (tertiary alicyclic amines) is 1. The number of rotatable bonds is 3. The third-order valence-corrected chi connectivity index (χ3v) is 4.34. The molecule has 9 heteroatoms. The monoisotopic (exact) mass is 407 g/mol. The number of hydrogen-bond donors (Lipinski definition) is 2. The lowest BCUT2D eigenvalue weighted by Crippen LogP contribution is -2.46. The van der Waals surface area contributed by atoms with Crippen LogP contribution in [0.25, 0.3) is 0 Å². The van der Waals surface area contributed by atoms with E-state index in [-0.39, 0.29) is 38.4 Å². The Morgan fingerprint density at radius 1 is 1.17 bits per heavy atom. The number of amides is 3. The first-order chi connectivity index (χ1) is 11.3. The van der Waals surface area contributed by atoms with Crippen LogP contribution in [0.1, 0.15) is 12.8 Å². The number of nitrogens with one attached hydrogen (secondary N) is 2. The fourth-order valence-corrected chi connectivity index (χ4v) is 2.70. The summed E-state index contributed by atoms with van der Waals surface area (Å²) in [6.45, 7) is -0.142. The molecule has 0 atom stereocenters. The molecule has 0 bridgehead atoms. The van der Waals surface area contributed by atoms with Gasteiger partial charge in [0.2, 0.25) is 5.91 Å². The van der Waals surface area contributed by atoms with Crippen LogP contribution in [0.2, 0.25) is 0 Å². The van der Waals surface area contributed by atoms with E-state index in [4.69, 9.17) is 0 Å². The molecule has 1 heterocycles. The summed E-state index contributed by atoms with van der Waals surface area (Å²) in [5, 5.41) is 4.97. The first kappa shape index (κ1) is 18.6. The molecule has 132 valence electrons. The summed E-state index contributed by atoms with van der Waals surface area (Å²) in [5.41, 5.74) is 0.564. The Morgan fingerprint density at radius 2 is 1.75 bits per heavy atom. The van der Waals surface area contributed by atoms with Crippen LogP contribution in [0.5, 0.6) is 0 Å². The highest BCUT2D eigenvalue weighted by Gasteiger charge is 2.41. The molecule has 0 radical (unpaired) electrons. The summed E-state index contributed by atoms with van der Waals surface area (Å²) in [4.78, 5) is 25.0. The molecule has 0 saturated carbocycles. The van der Waals surface area contributed by atoms with Gasteiger partial charge in [-0.2, -0.15) is 13.2 Å². The van der Waals surface area contributed by atoms with Gasteiger partial charge in [-0.25, -0.2) is 4.79 Å². The van der Waals surface area contributed by atoms with Crippen LogP contribution < -0.4 is 10.6 Å². The smallest absolute Gasteiger partial charge is 0.341 e. The molecular formula is C15H17BrF3N3O2. The van der Waals surface area contributed by atoms with Gasteiger partial charge in [-0.3, -0.25) is 4.79 Å². The van der Waals surface area contributed by atoms with Gasteiger partial charge in [0.1, 0.15) is 0 Å². The summed E-state index contributed by atoms with van der Waals surface area (Å²) in [6.07, 6.45) is -4.40. The minimum atomic E-state index is -4.21. The quantitative estimate of drug-likeness (QED) is 0.806. The number of carbonyl (C=O) groups is 2. The Hall–Kier alpha value is -1.77. The van der Waals surface area contributed by atoms with E-state index in [1.54, 1.807) is 24.3 Å². The Bertz CT molecular complexity index is 585. The molecule has 1 aromatic rings. The zero-order valence-corrected chi connectivity index (χ0v) is 14.3. The molecular weight excluding hydrogens is 391 g/mol. The maximum absolute atomic E-state index is 12.6. The minimum absolute atomic E-state index is 0.0546. The van der Waals surface area contributed by atoms with Crippen LogP contribution in [0.3, 0.4) is 0 Å². The van der Waals surface area contributed by atoms with Gasteiger partial charge >= 0.3 is 12.2 Å². The highest BCUT2D eigenvalue weighted by Crippen LogP contribution is 2.33. The molecule has 1 aliphatic heterocycles. The minimum Gasteiger partial charge on any atom is -0.341 e. The van der Waals surface area contributed by atoms with Crippen LogP contribution in [0.4, 0.5) is 23.7 Å². The molecule has 0 aliphatic carbocycles. The van der Waals surface area contributed by atoms with Crippen LogP contribution in [-0.2, 0) is 4.79 Å². The first-order valence-corrected chi connectivity index (χ1v) is 8.20. The molecule has 1 saturated heterocycles. The van der Waals surface area contributed by atoms with E-state index in [0.29, 0.717) is 5.69 Å². The van der Waals surface area contributed by atoms with Gasteiger partial charge in [-0.05, 0) is 37.1 Å². The molecule has 0 spiro atoms. The van der Waals surface area contributed by atoms with Gasteiger partial charge in [0.15, 0.2) is 0 Å². The average Bonchev–Trinajstić information content (AvgIpc) is 2.54. The second-order valence-electron chi connectivity index (χ2n) is 5.51. The highest BCUT2D eigenvalue weighted by molar-refractivity contribution is 9.10. The van der Waals surface area contributed by atoms with Crippen molar-refractivity contribution in [3.8, 4) is 0 Å². The van der Waals surface area contributed by atoms with Gasteiger partial charge in [-0.1, -0.05) is 15.9 Å². The van der Waals surface area contributed by atoms with Gasteiger partial charge in [-0.15, -0.1) is 0 Å². The SMILES string of the molecule is O=C(NCC(=O)N1CCC(C(F)(F)F)CC1)Nc1ccc(Br)cc1. The van der Waals surface area contributed by atoms with Crippen molar-refractivity contribution < 1.29 is 22.8 Å². The third-order valence-electron chi connectivity index (χ3n) is 3.81. The second-order valence-corrected chi connectivity index (χ2v) is 6.43. The predicted molar refractivity (Wildman–Crippen MR) is 86.5 cm³/mol. The lowest BCUT2D eigenvalue weighted by Gasteiger charge is -2.32. The number of piperidine rings is 1. The largest absolute Gasteiger partial charge is 0.391 e. The molecule has 5 nitrogen and oxygen atoms in total. The van der Waals surface area contributed by atoms with Gasteiger partial charge < -0.3 is 15.5 Å². The van der Waals surface area contributed by atoms with E-state index < -0.39 is 18.1 Å². The molecule has 0 aromatic heterocycles. The number of urea groups is 1. The van der Waals surface area contributed by atoms with Gasteiger partial charge in [0, 0.05) is 23.2 Å². The van der Waals surface area contributed by atoms with E-state index >= 15 is 0 Å². The summed E-state index contributed by atoms with van der Waals surface area (Å²) < 4.78 is 38.6. The van der Waals surface area contributed by atoms with Crippen molar-refractivity contribution in [2.75, 3.05) is 25.0 Å². The standard InChI is InChI=1S/C15H17BrF3N3O2/c16-11-1-3-12(4-2-11)21-14(24)20-9-13(23)22-7-5-10(6-8-22)15(17,18)19/h1-4,10H,5-9H2,(H2,20,21,24). The van der Waals surface area contributed by atoms with E-state index in [2.05, 4.69) is 26.6 Å². The number of nitrogens with zero attached hydrogens (tertiary/aromatic N) is 1. The zero-order valence-electron chi connectivity index (χ0n) is 12.7. The first-order valence-electron chi connectivity index (χ1n) is 7.40. The van der Waals surface area contributed by atoms with E-state index in [1.165, 1.54) is 4.90 Å². The Labute approximate surface area is 145 Å². The number of carbonyl (C=O) groups excluding carboxylic acids is 2. The van der Waals surface area contributed by atoms with Crippen molar-refractivity contribution in [3.05, 3.63) is 28.7 Å². The molecule has 3 amide bonds. The number of halogens is 4. The van der Waals surface area contributed by atoms with Gasteiger partial charge in [0.05, 0.1) is 12.5 Å². The van der Waals surface area contributed by atoms with Crippen molar-refractivity contribution in [3.63, 3.8) is 0 Å². The van der Waals surface area contributed by atoms with Crippen LogP contribution in [0.15, 0.2) is 28.7 Å². The lowest BCUT2D eigenvalue weighted by atomic mass is 9.96. The Kier molecular flexibility index (Phi) is 6.09. The second kappa shape index (κ2) is 7.87. The molecule has 1 aliphatic rings. The van der Waals surface area contributed by atoms with Crippen LogP contribution in [-0.4, -0.2) is 42.6 Å². The van der Waals surface area contributed by atoms with Crippen molar-refractivity contribution in [2.24, 2.45) is 5.92 Å². The summed E-state index contributed by atoms with van der Waals surface area (Å²) in [6, 6.07) is 6.34. The van der Waals surface area contributed by atoms with Gasteiger partial charge in [0.25, 0.3) is 0 Å². The number of benzene rings is 1. The molecule has 1 aromatic carbocycles. The Morgan fingerprint density at radius 3 is 2.29 bits per heavy atom. The molecule has 0 unspecified atom stereocenters. The molecule has 1 fully saturated rings. The molecule has 2 N–H and O–H groups in total. The fraction of sp³-hybridized carbons (Fsp3) is 0.467. The lowest BCUT2D eigenvalue weighted by molar-refractivity contribution is -0.186. The number of alkyl halides is 3. The van der Waals surface area contributed by atoms with Crippen molar-refractivity contribution in [2.45, 2.75) is 19.0 Å². The number of hydrogen-bond acceptors (Lipinski definition) is 2. The number of anilines is 1. The van der Waals surface area contributed by atoms with E-state index in [9.17, 15) is 22.8 Å². The van der Waals surface area contributed by atoms with Crippen molar-refractivity contribution in [1.82, 2.24) is 10.2 Å². The van der Waals surface area contributed by atoms with E-state index in [1.807, 2.05) is 0 Å². The Balaban J connectivity index is 1.73. The normalized spacial score (nSPS) is 15.9. The molecule has 2 rings (SSSR count). The topological polar surface area (TPSA) is 61.4 Å². The predicted octanol–water partition coefficient (Wildman–Crippen LogP) is 3.37. The van der Waals surface area contributed by atoms with Crippen molar-refractivity contribution in [1.29, 1.82) is 0 Å². The third kappa shape index (κ3) is 5.40. The summed E-state index contributed by atoms with van der Waals surface area (Å²) >= 11 is 3.27. The maximum atomic E-state index is 12.6. The highest BCUT2D eigenvalue weighted by atomic mass is 79.9. The zero-order chi connectivity index (χ0) is 17.7. The average molecular weight is 408 g/mol. The van der Waals surface area contributed by atoms with E-state index in [0.717, 1.165) is 4.47 Å². The van der Waals surface area contributed by atoms with Crippen LogP contribution >= 0.6 is 15.9 Å². The van der Waals surface area contributed by atoms with Crippen molar-refractivity contribution >= 4 is 33.6 Å². The van der Waals surface area contributed by atoms with Crippen LogP contribution in [0, 0.1) is 5.92 Å². The fourth-order valence-electron chi connectivity index (χ4n) is 2.43. The molecule has 24 heavy (non-hydrogen) atoms.